The van der Waals surface area contributed by atoms with Crippen LogP contribution < -0.4 is 10.1 Å². The van der Waals surface area contributed by atoms with Crippen LogP contribution >= 0.6 is 0 Å². The summed E-state index contributed by atoms with van der Waals surface area (Å²) in [6.45, 7) is 0. The van der Waals surface area contributed by atoms with Crippen LogP contribution in [0.1, 0.15) is 44.9 Å². The van der Waals surface area contributed by atoms with Gasteiger partial charge in [0.15, 0.2) is 0 Å². The summed E-state index contributed by atoms with van der Waals surface area (Å²) < 4.78 is 5.53. The molecule has 2 aromatic rings. The van der Waals surface area contributed by atoms with Gasteiger partial charge in [0.2, 0.25) is 5.91 Å². The van der Waals surface area contributed by atoms with Crippen LogP contribution in [-0.4, -0.2) is 15.9 Å². The Hall–Kier alpha value is -2.43. The lowest BCUT2D eigenvalue weighted by Crippen LogP contribution is -2.15. The Morgan fingerprint density at radius 2 is 1.79 bits per heavy atom. The molecule has 0 aliphatic heterocycles. The summed E-state index contributed by atoms with van der Waals surface area (Å²) in [5, 5.41) is 2.85. The van der Waals surface area contributed by atoms with E-state index in [-0.39, 0.29) is 11.9 Å². The van der Waals surface area contributed by atoms with Crippen LogP contribution in [0.25, 0.3) is 0 Å². The minimum absolute atomic E-state index is 0.0286. The first-order valence-corrected chi connectivity index (χ1v) is 8.64. The van der Waals surface area contributed by atoms with Gasteiger partial charge in [-0.2, -0.15) is 0 Å². The topological polar surface area (TPSA) is 64.1 Å². The van der Waals surface area contributed by atoms with Gasteiger partial charge in [-0.3, -0.25) is 4.79 Å². The molecule has 0 radical (unpaired) electrons. The third-order valence-corrected chi connectivity index (χ3v) is 4.37. The van der Waals surface area contributed by atoms with Crippen molar-refractivity contribution in [1.82, 2.24) is 9.97 Å². The lowest BCUT2D eigenvalue weighted by molar-refractivity contribution is -0.116. The molecule has 1 N–H and O–H groups in total. The maximum atomic E-state index is 12.0. The second-order valence-corrected chi connectivity index (χ2v) is 6.26. The highest BCUT2D eigenvalue weighted by atomic mass is 16.5. The maximum absolute atomic E-state index is 12.0. The van der Waals surface area contributed by atoms with E-state index in [9.17, 15) is 4.79 Å². The van der Waals surface area contributed by atoms with Gasteiger partial charge in [0.1, 0.15) is 5.75 Å². The van der Waals surface area contributed by atoms with Gasteiger partial charge in [-0.05, 0) is 24.5 Å². The lowest BCUT2D eigenvalue weighted by Gasteiger charge is -2.20. The molecule has 1 heterocycles. The molecular weight excluding hydrogens is 302 g/mol. The van der Waals surface area contributed by atoms with Gasteiger partial charge in [0.05, 0.1) is 18.1 Å². The SMILES string of the molecule is O=C(CCC1CCCCC1)Nc1cnc(Oc2ccccc2)nc1. The Balaban J connectivity index is 1.45. The van der Waals surface area contributed by atoms with Gasteiger partial charge in [0.25, 0.3) is 0 Å². The number of benzene rings is 1. The van der Waals surface area contributed by atoms with Crippen LogP contribution in [0, 0.1) is 5.92 Å². The van der Waals surface area contributed by atoms with Crippen molar-refractivity contribution in [3.05, 3.63) is 42.7 Å². The van der Waals surface area contributed by atoms with Gasteiger partial charge in [0, 0.05) is 6.42 Å². The molecule has 5 heteroatoms. The molecule has 1 aliphatic carbocycles. The number of carbonyl (C=O) groups excluding carboxylic acids is 1. The Bertz CT molecular complexity index is 637. The highest BCUT2D eigenvalue weighted by Gasteiger charge is 2.15. The zero-order valence-electron chi connectivity index (χ0n) is 13.8. The summed E-state index contributed by atoms with van der Waals surface area (Å²) in [4.78, 5) is 20.3. The number of rotatable bonds is 6. The summed E-state index contributed by atoms with van der Waals surface area (Å²) >= 11 is 0. The predicted molar refractivity (Wildman–Crippen MR) is 93.0 cm³/mol. The van der Waals surface area contributed by atoms with Gasteiger partial charge in [-0.15, -0.1) is 0 Å². The number of nitrogens with one attached hydrogen (secondary N) is 1. The highest BCUT2D eigenvalue weighted by Crippen LogP contribution is 2.27. The molecule has 1 saturated carbocycles. The summed E-state index contributed by atoms with van der Waals surface area (Å²) in [6, 6.07) is 9.63. The lowest BCUT2D eigenvalue weighted by atomic mass is 9.86. The fourth-order valence-corrected chi connectivity index (χ4v) is 3.06. The Morgan fingerprint density at radius 1 is 1.08 bits per heavy atom. The number of amides is 1. The minimum Gasteiger partial charge on any atom is -0.424 e. The summed E-state index contributed by atoms with van der Waals surface area (Å²) in [5.41, 5.74) is 0.601. The molecule has 0 atom stereocenters. The third kappa shape index (κ3) is 5.05. The first-order valence-electron chi connectivity index (χ1n) is 8.64. The molecule has 0 saturated heterocycles. The van der Waals surface area contributed by atoms with Crippen LogP contribution in [0.5, 0.6) is 11.8 Å². The molecule has 24 heavy (non-hydrogen) atoms. The largest absolute Gasteiger partial charge is 0.424 e. The zero-order chi connectivity index (χ0) is 16.6. The Labute approximate surface area is 142 Å². The smallest absolute Gasteiger partial charge is 0.322 e. The van der Waals surface area contributed by atoms with Crippen LogP contribution in [0.4, 0.5) is 5.69 Å². The average Bonchev–Trinajstić information content (AvgIpc) is 2.63. The summed E-state index contributed by atoms with van der Waals surface area (Å²) in [6.07, 6.45) is 11.2. The molecular formula is C19H23N3O2. The van der Waals surface area contributed by atoms with Gasteiger partial charge in [-0.1, -0.05) is 50.3 Å². The molecule has 0 spiro atoms. The second kappa shape index (κ2) is 8.43. The zero-order valence-corrected chi connectivity index (χ0v) is 13.8. The van der Waals surface area contributed by atoms with Crippen molar-refractivity contribution in [1.29, 1.82) is 0 Å². The van der Waals surface area contributed by atoms with Gasteiger partial charge in [-0.25, -0.2) is 9.97 Å². The molecule has 126 valence electrons. The predicted octanol–water partition coefficient (Wildman–Crippen LogP) is 4.57. The Morgan fingerprint density at radius 3 is 2.50 bits per heavy atom. The number of para-hydroxylation sites is 1. The quantitative estimate of drug-likeness (QED) is 0.845. The first-order chi connectivity index (χ1) is 11.8. The van der Waals surface area contributed by atoms with Gasteiger partial charge >= 0.3 is 6.01 Å². The van der Waals surface area contributed by atoms with E-state index in [0.717, 1.165) is 6.42 Å². The number of ether oxygens (including phenoxy) is 1. The molecule has 5 nitrogen and oxygen atoms in total. The van der Waals surface area contributed by atoms with E-state index in [2.05, 4.69) is 15.3 Å². The van der Waals surface area contributed by atoms with E-state index < -0.39 is 0 Å². The summed E-state index contributed by atoms with van der Waals surface area (Å²) in [7, 11) is 0. The third-order valence-electron chi connectivity index (χ3n) is 4.37. The molecule has 0 unspecified atom stereocenters. The number of aromatic nitrogens is 2. The molecule has 1 aromatic carbocycles. The van der Waals surface area contributed by atoms with E-state index in [0.29, 0.717) is 23.8 Å². The van der Waals surface area contributed by atoms with Crippen LogP contribution in [-0.2, 0) is 4.79 Å². The standard InChI is InChI=1S/C19H23N3O2/c23-18(12-11-15-7-3-1-4-8-15)22-16-13-20-19(21-14-16)24-17-9-5-2-6-10-17/h2,5-6,9-10,13-15H,1,3-4,7-8,11-12H2,(H,22,23). The van der Waals surface area contributed by atoms with Crippen LogP contribution in [0.15, 0.2) is 42.7 Å². The van der Waals surface area contributed by atoms with Crippen molar-refractivity contribution >= 4 is 11.6 Å². The van der Waals surface area contributed by atoms with E-state index in [1.807, 2.05) is 30.3 Å². The number of hydrogen-bond acceptors (Lipinski definition) is 4. The molecule has 1 amide bonds. The monoisotopic (exact) mass is 325 g/mol. The molecule has 1 aliphatic rings. The van der Waals surface area contributed by atoms with Gasteiger partial charge < -0.3 is 10.1 Å². The Kier molecular flexibility index (Phi) is 5.77. The van der Waals surface area contributed by atoms with E-state index in [1.165, 1.54) is 32.1 Å². The van der Waals surface area contributed by atoms with Crippen molar-refractivity contribution < 1.29 is 9.53 Å². The maximum Gasteiger partial charge on any atom is 0.322 e. The summed E-state index contributed by atoms with van der Waals surface area (Å²) in [5.74, 6) is 1.42. The molecule has 1 fully saturated rings. The van der Waals surface area contributed by atoms with E-state index in [1.54, 1.807) is 12.4 Å². The minimum atomic E-state index is 0.0286. The molecule has 0 bridgehead atoms. The van der Waals surface area contributed by atoms with E-state index >= 15 is 0 Å². The van der Waals surface area contributed by atoms with E-state index in [4.69, 9.17) is 4.74 Å². The number of nitrogens with zero attached hydrogens (tertiary/aromatic N) is 2. The fourth-order valence-electron chi connectivity index (χ4n) is 3.06. The number of anilines is 1. The highest BCUT2D eigenvalue weighted by molar-refractivity contribution is 5.90. The molecule has 1 aromatic heterocycles. The normalized spacial score (nSPS) is 15.0. The van der Waals surface area contributed by atoms with Crippen molar-refractivity contribution in [2.45, 2.75) is 44.9 Å². The average molecular weight is 325 g/mol. The fraction of sp³-hybridized carbons (Fsp3) is 0.421. The van der Waals surface area contributed by atoms with Crippen molar-refractivity contribution in [2.75, 3.05) is 5.32 Å². The van der Waals surface area contributed by atoms with Crippen LogP contribution in [0.3, 0.4) is 0 Å². The van der Waals surface area contributed by atoms with Crippen molar-refractivity contribution in [3.63, 3.8) is 0 Å². The second-order valence-electron chi connectivity index (χ2n) is 6.26. The van der Waals surface area contributed by atoms with Crippen molar-refractivity contribution in [3.8, 4) is 11.8 Å². The van der Waals surface area contributed by atoms with Crippen LogP contribution in [0.2, 0.25) is 0 Å². The number of carbonyl (C=O) groups is 1. The molecule has 3 rings (SSSR count). The van der Waals surface area contributed by atoms with Crippen molar-refractivity contribution in [2.24, 2.45) is 5.92 Å². The number of hydrogen-bond donors (Lipinski definition) is 1. The first kappa shape index (κ1) is 16.4.